The summed E-state index contributed by atoms with van der Waals surface area (Å²) in [5.74, 6) is 0.00292. The minimum Gasteiger partial charge on any atom is -0.417 e. The summed E-state index contributed by atoms with van der Waals surface area (Å²) in [5.41, 5.74) is 1.35. The minimum absolute atomic E-state index is 0.00292. The van der Waals surface area contributed by atoms with Crippen LogP contribution in [0.15, 0.2) is 24.3 Å². The maximum atomic E-state index is 12.2. The van der Waals surface area contributed by atoms with Crippen LogP contribution >= 0.6 is 23.2 Å². The fraction of sp³-hybridized carbons (Fsp3) is 0.250. The van der Waals surface area contributed by atoms with E-state index >= 15 is 0 Å². The van der Waals surface area contributed by atoms with Gasteiger partial charge in [0.1, 0.15) is 0 Å². The number of aryl methyl sites for hydroxylation is 1. The molecule has 102 valence electrons. The Morgan fingerprint density at radius 1 is 1.37 bits per heavy atom. The molecular weight excluding hydrogens is 297 g/mol. The average molecular weight is 307 g/mol. The molecule has 2 rings (SSSR count). The first-order valence-electron chi connectivity index (χ1n) is 5.38. The first-order chi connectivity index (χ1) is 8.97. The second-order valence-corrected chi connectivity index (χ2v) is 4.65. The minimum atomic E-state index is -2.88. The normalized spacial score (nSPS) is 11.1. The zero-order chi connectivity index (χ0) is 14.0. The zero-order valence-electron chi connectivity index (χ0n) is 9.91. The molecule has 0 radical (unpaired) electrons. The van der Waals surface area contributed by atoms with Gasteiger partial charge in [-0.15, -0.1) is 0 Å². The highest BCUT2D eigenvalue weighted by Crippen LogP contribution is 2.27. The fourth-order valence-electron chi connectivity index (χ4n) is 1.67. The van der Waals surface area contributed by atoms with Crippen LogP contribution in [0.5, 0.6) is 5.88 Å². The topological polar surface area (TPSA) is 27.1 Å². The number of rotatable bonds is 4. The summed E-state index contributed by atoms with van der Waals surface area (Å²) in [5, 5.41) is 4.97. The lowest BCUT2D eigenvalue weighted by Crippen LogP contribution is -2.05. The van der Waals surface area contributed by atoms with Gasteiger partial charge in [-0.3, -0.25) is 0 Å². The van der Waals surface area contributed by atoms with Gasteiger partial charge in [0.2, 0.25) is 5.88 Å². The van der Waals surface area contributed by atoms with Gasteiger partial charge in [-0.25, -0.2) is 4.68 Å². The Morgan fingerprint density at radius 3 is 2.79 bits per heavy atom. The van der Waals surface area contributed by atoms with Crippen LogP contribution in [0.2, 0.25) is 10.0 Å². The van der Waals surface area contributed by atoms with Crippen LogP contribution in [-0.2, 0) is 13.5 Å². The molecule has 0 saturated heterocycles. The lowest BCUT2D eigenvalue weighted by atomic mass is 10.1. The van der Waals surface area contributed by atoms with Gasteiger partial charge in [0, 0.05) is 19.5 Å². The predicted octanol–water partition coefficient (Wildman–Crippen LogP) is 3.92. The highest BCUT2D eigenvalue weighted by Gasteiger charge is 2.13. The average Bonchev–Trinajstić information content (AvgIpc) is 2.65. The molecular formula is C12H10Cl2F2N2O. The number of ether oxygens (including phenoxy) is 1. The molecule has 0 aliphatic rings. The van der Waals surface area contributed by atoms with Gasteiger partial charge in [0.05, 0.1) is 15.7 Å². The number of benzene rings is 1. The van der Waals surface area contributed by atoms with E-state index in [-0.39, 0.29) is 5.88 Å². The third-order valence-corrected chi connectivity index (χ3v) is 3.36. The van der Waals surface area contributed by atoms with E-state index in [2.05, 4.69) is 9.84 Å². The van der Waals surface area contributed by atoms with E-state index in [4.69, 9.17) is 23.2 Å². The number of alkyl halides is 2. The van der Waals surface area contributed by atoms with Crippen molar-refractivity contribution < 1.29 is 13.5 Å². The monoisotopic (exact) mass is 306 g/mol. The van der Waals surface area contributed by atoms with E-state index in [1.165, 1.54) is 17.8 Å². The van der Waals surface area contributed by atoms with E-state index in [0.29, 0.717) is 22.2 Å². The molecule has 3 nitrogen and oxygen atoms in total. The molecule has 0 saturated carbocycles. The highest BCUT2D eigenvalue weighted by atomic mass is 35.5. The largest absolute Gasteiger partial charge is 0.417 e. The van der Waals surface area contributed by atoms with Crippen molar-refractivity contribution in [3.05, 3.63) is 45.6 Å². The van der Waals surface area contributed by atoms with Gasteiger partial charge in [-0.05, 0) is 11.6 Å². The van der Waals surface area contributed by atoms with Gasteiger partial charge in [0.25, 0.3) is 0 Å². The fourth-order valence-corrected chi connectivity index (χ4v) is 2.06. The van der Waals surface area contributed by atoms with Crippen molar-refractivity contribution in [3.63, 3.8) is 0 Å². The van der Waals surface area contributed by atoms with Crippen LogP contribution in [0, 0.1) is 0 Å². The van der Waals surface area contributed by atoms with Crippen molar-refractivity contribution in [2.75, 3.05) is 0 Å². The standard InChI is InChI=1S/C12H10Cl2F2N2O/c1-18-10(19-12(15)16)6-8(17-18)5-7-3-2-4-9(13)11(7)14/h2-4,6,12H,5H2,1H3. The van der Waals surface area contributed by atoms with E-state index < -0.39 is 6.61 Å². The van der Waals surface area contributed by atoms with Crippen molar-refractivity contribution in [3.8, 4) is 5.88 Å². The smallest absolute Gasteiger partial charge is 0.388 e. The van der Waals surface area contributed by atoms with Gasteiger partial charge < -0.3 is 4.74 Å². The Bertz CT molecular complexity index is 587. The van der Waals surface area contributed by atoms with Crippen LogP contribution in [0.4, 0.5) is 8.78 Å². The van der Waals surface area contributed by atoms with Gasteiger partial charge in [-0.2, -0.15) is 13.9 Å². The number of halogens is 4. The van der Waals surface area contributed by atoms with Crippen molar-refractivity contribution in [1.29, 1.82) is 0 Å². The summed E-state index contributed by atoms with van der Waals surface area (Å²) in [6.07, 6.45) is 0.389. The number of hydrogen-bond donors (Lipinski definition) is 0. The van der Waals surface area contributed by atoms with Crippen LogP contribution in [0.1, 0.15) is 11.3 Å². The van der Waals surface area contributed by atoms with E-state index in [9.17, 15) is 8.78 Å². The van der Waals surface area contributed by atoms with Crippen LogP contribution in [0.25, 0.3) is 0 Å². The second-order valence-electron chi connectivity index (χ2n) is 3.87. The molecule has 2 aromatic rings. The first kappa shape index (κ1) is 14.1. The summed E-state index contributed by atoms with van der Waals surface area (Å²) < 4.78 is 29.9. The molecule has 1 aromatic carbocycles. The molecule has 0 spiro atoms. The summed E-state index contributed by atoms with van der Waals surface area (Å²) in [4.78, 5) is 0. The number of aromatic nitrogens is 2. The van der Waals surface area contributed by atoms with Crippen molar-refractivity contribution in [1.82, 2.24) is 9.78 Å². The van der Waals surface area contributed by atoms with Gasteiger partial charge in [-0.1, -0.05) is 35.3 Å². The molecule has 0 amide bonds. The lowest BCUT2D eigenvalue weighted by Gasteiger charge is -2.03. The predicted molar refractivity (Wildman–Crippen MR) is 69.1 cm³/mol. The molecule has 7 heteroatoms. The summed E-state index contributed by atoms with van der Waals surface area (Å²) in [6.45, 7) is -2.88. The number of nitrogens with zero attached hydrogens (tertiary/aromatic N) is 2. The van der Waals surface area contributed by atoms with Gasteiger partial charge in [0.15, 0.2) is 0 Å². The SMILES string of the molecule is Cn1nc(Cc2cccc(Cl)c2Cl)cc1OC(F)F. The van der Waals surface area contributed by atoms with Crippen LogP contribution in [-0.4, -0.2) is 16.4 Å². The molecule has 0 aliphatic heterocycles. The van der Waals surface area contributed by atoms with Crippen molar-refractivity contribution in [2.24, 2.45) is 7.05 Å². The number of hydrogen-bond acceptors (Lipinski definition) is 2. The quantitative estimate of drug-likeness (QED) is 0.856. The van der Waals surface area contributed by atoms with E-state index in [1.54, 1.807) is 18.2 Å². The third-order valence-electron chi connectivity index (χ3n) is 2.50. The second kappa shape index (κ2) is 5.75. The Labute approximate surface area is 118 Å². The Morgan fingerprint density at radius 2 is 2.11 bits per heavy atom. The molecule has 0 fully saturated rings. The van der Waals surface area contributed by atoms with Crippen LogP contribution < -0.4 is 4.74 Å². The third kappa shape index (κ3) is 3.36. The molecule has 0 N–H and O–H groups in total. The molecule has 0 aliphatic carbocycles. The molecule has 1 aromatic heterocycles. The van der Waals surface area contributed by atoms with Gasteiger partial charge >= 0.3 is 6.61 Å². The van der Waals surface area contributed by atoms with E-state index in [0.717, 1.165) is 5.56 Å². The maximum absolute atomic E-state index is 12.2. The zero-order valence-corrected chi connectivity index (χ0v) is 11.4. The Hall–Kier alpha value is -1.33. The lowest BCUT2D eigenvalue weighted by molar-refractivity contribution is -0.0553. The summed E-state index contributed by atoms with van der Waals surface area (Å²) in [7, 11) is 1.53. The summed E-state index contributed by atoms with van der Waals surface area (Å²) >= 11 is 12.0. The molecule has 0 bridgehead atoms. The summed E-state index contributed by atoms with van der Waals surface area (Å²) in [6, 6.07) is 6.69. The van der Waals surface area contributed by atoms with Crippen molar-refractivity contribution >= 4 is 23.2 Å². The molecule has 19 heavy (non-hydrogen) atoms. The molecule has 0 unspecified atom stereocenters. The first-order valence-corrected chi connectivity index (χ1v) is 6.13. The maximum Gasteiger partial charge on any atom is 0.388 e. The Kier molecular flexibility index (Phi) is 4.27. The Balaban J connectivity index is 2.22. The van der Waals surface area contributed by atoms with Crippen molar-refractivity contribution in [2.45, 2.75) is 13.0 Å². The molecule has 1 heterocycles. The van der Waals surface area contributed by atoms with Crippen LogP contribution in [0.3, 0.4) is 0 Å². The highest BCUT2D eigenvalue weighted by molar-refractivity contribution is 6.42. The molecule has 0 atom stereocenters. The van der Waals surface area contributed by atoms with E-state index in [1.807, 2.05) is 0 Å².